The van der Waals surface area contributed by atoms with E-state index in [1.165, 1.54) is 46.3 Å². The number of hydrogen-bond donors (Lipinski definition) is 3. The van der Waals surface area contributed by atoms with Crippen LogP contribution < -0.4 is 24.2 Å². The van der Waals surface area contributed by atoms with Gasteiger partial charge in [0.2, 0.25) is 11.8 Å². The minimum Gasteiger partial charge on any atom is -0.495 e. The van der Waals surface area contributed by atoms with E-state index in [2.05, 4.69) is 15.0 Å². The Labute approximate surface area is 229 Å². The molecule has 4 rings (SSSR count). The van der Waals surface area contributed by atoms with Crippen molar-refractivity contribution in [3.05, 3.63) is 36.0 Å². The van der Waals surface area contributed by atoms with Crippen molar-refractivity contribution in [1.82, 2.24) is 9.97 Å². The van der Waals surface area contributed by atoms with Crippen molar-refractivity contribution in [3.8, 4) is 28.0 Å². The lowest BCUT2D eigenvalue weighted by atomic mass is 9.96. The third-order valence-electron chi connectivity index (χ3n) is 5.79. The normalized spacial score (nSPS) is 14.0. The van der Waals surface area contributed by atoms with Gasteiger partial charge in [0.1, 0.15) is 16.3 Å². The van der Waals surface area contributed by atoms with Crippen LogP contribution in [-0.4, -0.2) is 52.6 Å². The zero-order chi connectivity index (χ0) is 27.7. The number of carbonyl (C=O) groups is 1. The Morgan fingerprint density at radius 1 is 1.05 bits per heavy atom. The Morgan fingerprint density at radius 3 is 2.39 bits per heavy atom. The molecule has 0 aliphatic heterocycles. The van der Waals surface area contributed by atoms with Gasteiger partial charge in [0.25, 0.3) is 5.97 Å². The summed E-state index contributed by atoms with van der Waals surface area (Å²) in [5.41, 5.74) is 2.37. The van der Waals surface area contributed by atoms with Crippen LogP contribution in [0.15, 0.2) is 35.2 Å². The number of aliphatic carboxylic acids is 1. The summed E-state index contributed by atoms with van der Waals surface area (Å²) in [5, 5.41) is 12.0. The number of pyridine rings is 1. The topological polar surface area (TPSA) is 132 Å². The molecule has 10 nitrogen and oxygen atoms in total. The minimum atomic E-state index is -1.62. The van der Waals surface area contributed by atoms with Gasteiger partial charge in [-0.15, -0.1) is 0 Å². The van der Waals surface area contributed by atoms with Gasteiger partial charge in [-0.25, -0.2) is 9.19 Å². The van der Waals surface area contributed by atoms with E-state index in [1.54, 1.807) is 30.6 Å². The number of aromatic nitrogens is 2. The van der Waals surface area contributed by atoms with Crippen molar-refractivity contribution < 1.29 is 28.3 Å². The Bertz CT molecular complexity index is 1260. The number of methoxy groups -OCH3 is 3. The Balaban J connectivity index is 0.000000934. The molecule has 2 heterocycles. The van der Waals surface area contributed by atoms with Gasteiger partial charge in [0, 0.05) is 19.0 Å². The highest BCUT2D eigenvalue weighted by atomic mass is 32.2. The second kappa shape index (κ2) is 14.0. The highest BCUT2D eigenvalue weighted by molar-refractivity contribution is 7.86. The molecule has 2 aromatic heterocycles. The van der Waals surface area contributed by atoms with Gasteiger partial charge < -0.3 is 24.6 Å². The molecular formula is C26H34N4O6S2. The number of thiazole rings is 1. The first-order valence-corrected chi connectivity index (χ1v) is 14.1. The molecule has 0 amide bonds. The van der Waals surface area contributed by atoms with Gasteiger partial charge >= 0.3 is 0 Å². The summed E-state index contributed by atoms with van der Waals surface area (Å²) in [7, 11) is 2.97. The molecule has 3 N–H and O–H groups in total. The number of aryl methyl sites for hydroxylation is 1. The number of nitrogens with zero attached hydrogens (tertiary/aromatic N) is 2. The second-order valence-electron chi connectivity index (χ2n) is 8.58. The quantitative estimate of drug-likeness (QED) is 0.309. The minimum absolute atomic E-state index is 0.291. The molecule has 1 atom stereocenters. The van der Waals surface area contributed by atoms with Gasteiger partial charge in [-0.05, 0) is 49.6 Å². The van der Waals surface area contributed by atoms with Crippen LogP contribution in [0.1, 0.15) is 44.7 Å². The summed E-state index contributed by atoms with van der Waals surface area (Å²) in [6, 6.07) is 9.58. The maximum absolute atomic E-state index is 13.3. The zero-order valence-corrected chi connectivity index (χ0v) is 23.8. The van der Waals surface area contributed by atoms with Crippen molar-refractivity contribution in [2.24, 2.45) is 0 Å². The smallest absolute Gasteiger partial charge is 0.300 e. The van der Waals surface area contributed by atoms with Crippen LogP contribution in [0.2, 0.25) is 0 Å². The number of ether oxygens (including phenoxy) is 3. The van der Waals surface area contributed by atoms with Gasteiger partial charge in [0.05, 0.1) is 31.9 Å². The molecule has 206 valence electrons. The zero-order valence-electron chi connectivity index (χ0n) is 22.2. The standard InChI is InChI=1S/C24H30N4O4S2.C2H4O2/c1-15-22(33-24(25-15)26-17-8-6-5-7-9-17)16-10-12-19(30-2)20(14-16)34(29)28-18-11-13-21(31-3)27-23(18)32-4;1-2(3)4/h10-14,17,28H,5-9H2,1-4H3,(H,25,26);1H3,(H,3,4). The summed E-state index contributed by atoms with van der Waals surface area (Å²) in [6.07, 6.45) is 6.23. The van der Waals surface area contributed by atoms with Crippen molar-refractivity contribution in [3.63, 3.8) is 0 Å². The summed E-state index contributed by atoms with van der Waals surface area (Å²) in [4.78, 5) is 19.6. The Kier molecular flexibility index (Phi) is 10.7. The molecule has 12 heteroatoms. The molecule has 1 aromatic carbocycles. The van der Waals surface area contributed by atoms with E-state index >= 15 is 0 Å². The molecule has 38 heavy (non-hydrogen) atoms. The van der Waals surface area contributed by atoms with Crippen LogP contribution in [0.25, 0.3) is 10.4 Å². The maximum Gasteiger partial charge on any atom is 0.300 e. The molecule has 0 bridgehead atoms. The van der Waals surface area contributed by atoms with Crippen LogP contribution >= 0.6 is 11.3 Å². The van der Waals surface area contributed by atoms with E-state index in [-0.39, 0.29) is 0 Å². The number of benzene rings is 1. The monoisotopic (exact) mass is 562 g/mol. The molecular weight excluding hydrogens is 528 g/mol. The molecule has 1 aliphatic rings. The fraction of sp³-hybridized carbons (Fsp3) is 0.423. The summed E-state index contributed by atoms with van der Waals surface area (Å²) >= 11 is 1.63. The first-order chi connectivity index (χ1) is 18.2. The SMILES string of the molecule is CC(=O)O.COc1ccc(NS(=O)c2cc(-c3sc(NC4CCCCC4)nc3C)ccc2OC)c(OC)n1. The highest BCUT2D eigenvalue weighted by Crippen LogP contribution is 2.37. The van der Waals surface area contributed by atoms with Gasteiger partial charge in [-0.2, -0.15) is 4.98 Å². The Morgan fingerprint density at radius 2 is 1.76 bits per heavy atom. The molecule has 1 aliphatic carbocycles. The lowest BCUT2D eigenvalue weighted by molar-refractivity contribution is -0.134. The van der Waals surface area contributed by atoms with Crippen LogP contribution in [0.3, 0.4) is 0 Å². The molecule has 0 saturated heterocycles. The van der Waals surface area contributed by atoms with Gasteiger partial charge in [-0.1, -0.05) is 30.6 Å². The largest absolute Gasteiger partial charge is 0.495 e. The van der Waals surface area contributed by atoms with E-state index in [0.717, 1.165) is 28.2 Å². The number of anilines is 2. The van der Waals surface area contributed by atoms with Crippen molar-refractivity contribution in [2.75, 3.05) is 31.4 Å². The van der Waals surface area contributed by atoms with Crippen LogP contribution in [0.5, 0.6) is 17.5 Å². The first-order valence-electron chi connectivity index (χ1n) is 12.1. The van der Waals surface area contributed by atoms with Crippen molar-refractivity contribution in [1.29, 1.82) is 0 Å². The maximum atomic E-state index is 13.3. The van der Waals surface area contributed by atoms with E-state index in [4.69, 9.17) is 29.1 Å². The van der Waals surface area contributed by atoms with E-state index < -0.39 is 17.0 Å². The lowest BCUT2D eigenvalue weighted by Gasteiger charge is -2.22. The second-order valence-corrected chi connectivity index (χ2v) is 10.8. The average molecular weight is 563 g/mol. The molecule has 1 fully saturated rings. The third kappa shape index (κ3) is 7.81. The molecule has 1 unspecified atom stereocenters. The molecule has 1 saturated carbocycles. The molecule has 3 aromatic rings. The fourth-order valence-electron chi connectivity index (χ4n) is 4.04. The van der Waals surface area contributed by atoms with Gasteiger partial charge in [-0.3, -0.25) is 9.52 Å². The number of carboxylic acids is 1. The number of carboxylic acid groups (broad SMARTS) is 1. The highest BCUT2D eigenvalue weighted by Gasteiger charge is 2.19. The molecule has 0 radical (unpaired) electrons. The molecule has 0 spiro atoms. The summed E-state index contributed by atoms with van der Waals surface area (Å²) < 4.78 is 32.3. The predicted octanol–water partition coefficient (Wildman–Crippen LogP) is 5.51. The number of hydrogen-bond acceptors (Lipinski definition) is 9. The summed E-state index contributed by atoms with van der Waals surface area (Å²) in [6.45, 7) is 3.09. The van der Waals surface area contributed by atoms with Crippen molar-refractivity contribution >= 4 is 39.1 Å². The number of rotatable bonds is 9. The average Bonchev–Trinajstić information content (AvgIpc) is 3.28. The van der Waals surface area contributed by atoms with E-state index in [0.29, 0.717) is 34.1 Å². The summed E-state index contributed by atoms with van der Waals surface area (Å²) in [5.74, 6) is 0.392. The lowest BCUT2D eigenvalue weighted by Crippen LogP contribution is -2.21. The van der Waals surface area contributed by atoms with E-state index in [9.17, 15) is 4.21 Å². The predicted molar refractivity (Wildman–Crippen MR) is 150 cm³/mol. The van der Waals surface area contributed by atoms with E-state index in [1.807, 2.05) is 25.1 Å². The van der Waals surface area contributed by atoms with Crippen LogP contribution in [0, 0.1) is 6.92 Å². The fourth-order valence-corrected chi connectivity index (χ4v) is 6.11. The van der Waals surface area contributed by atoms with Crippen LogP contribution in [-0.2, 0) is 15.8 Å². The third-order valence-corrected chi connectivity index (χ3v) is 8.06. The number of nitrogens with one attached hydrogen (secondary N) is 2. The van der Waals surface area contributed by atoms with Crippen molar-refractivity contribution in [2.45, 2.75) is 56.9 Å². The Hall–Kier alpha value is -3.38. The first kappa shape index (κ1) is 29.2. The van der Waals surface area contributed by atoms with Crippen LogP contribution in [0.4, 0.5) is 10.8 Å². The van der Waals surface area contributed by atoms with Gasteiger partial charge in [0.15, 0.2) is 16.1 Å².